The molecule has 5 aromatic rings. The number of amides is 1. The SMILES string of the molecule is O=C(Cc1cc(-c2cc3ccccc3o2)on1)NC(c1ccccc1)c1ccccc1. The quantitative estimate of drug-likeness (QED) is 0.401. The second kappa shape index (κ2) is 8.32. The van der Waals surface area contributed by atoms with Gasteiger partial charge in [-0.05, 0) is 23.3 Å². The molecule has 0 unspecified atom stereocenters. The van der Waals surface area contributed by atoms with Crippen molar-refractivity contribution in [3.05, 3.63) is 114 Å². The van der Waals surface area contributed by atoms with Crippen LogP contribution in [0.25, 0.3) is 22.5 Å². The zero-order chi connectivity index (χ0) is 21.0. The summed E-state index contributed by atoms with van der Waals surface area (Å²) in [5.41, 5.74) is 3.37. The number of fused-ring (bicyclic) bond motifs is 1. The normalized spacial score (nSPS) is 11.1. The van der Waals surface area contributed by atoms with Gasteiger partial charge in [0.25, 0.3) is 0 Å². The van der Waals surface area contributed by atoms with Gasteiger partial charge in [-0.15, -0.1) is 0 Å². The molecule has 0 fully saturated rings. The molecule has 2 aromatic heterocycles. The van der Waals surface area contributed by atoms with E-state index in [0.717, 1.165) is 22.1 Å². The number of nitrogens with one attached hydrogen (secondary N) is 1. The molecule has 1 amide bonds. The van der Waals surface area contributed by atoms with E-state index in [9.17, 15) is 4.79 Å². The van der Waals surface area contributed by atoms with E-state index in [1.165, 1.54) is 0 Å². The monoisotopic (exact) mass is 408 g/mol. The molecule has 5 nitrogen and oxygen atoms in total. The summed E-state index contributed by atoms with van der Waals surface area (Å²) in [6, 6.07) is 31.0. The fourth-order valence-corrected chi connectivity index (χ4v) is 3.64. The minimum absolute atomic E-state index is 0.111. The molecule has 0 saturated heterocycles. The number of carbonyl (C=O) groups excluding carboxylic acids is 1. The highest BCUT2D eigenvalue weighted by Gasteiger charge is 2.19. The van der Waals surface area contributed by atoms with Crippen LogP contribution in [0, 0.1) is 0 Å². The lowest BCUT2D eigenvalue weighted by Gasteiger charge is -2.19. The maximum atomic E-state index is 12.8. The molecule has 152 valence electrons. The number of hydrogen-bond donors (Lipinski definition) is 1. The fourth-order valence-electron chi connectivity index (χ4n) is 3.64. The van der Waals surface area contributed by atoms with Crippen molar-refractivity contribution in [3.63, 3.8) is 0 Å². The van der Waals surface area contributed by atoms with E-state index < -0.39 is 0 Å². The van der Waals surface area contributed by atoms with Crippen molar-refractivity contribution in [2.75, 3.05) is 0 Å². The Bertz CT molecular complexity index is 1230. The topological polar surface area (TPSA) is 68.3 Å². The van der Waals surface area contributed by atoms with Crippen LogP contribution in [0.1, 0.15) is 22.9 Å². The van der Waals surface area contributed by atoms with Crippen LogP contribution in [-0.4, -0.2) is 11.1 Å². The van der Waals surface area contributed by atoms with Gasteiger partial charge >= 0.3 is 0 Å². The molecule has 31 heavy (non-hydrogen) atoms. The molecule has 0 atom stereocenters. The third kappa shape index (κ3) is 4.12. The van der Waals surface area contributed by atoms with Gasteiger partial charge in [0, 0.05) is 11.5 Å². The third-order valence-electron chi connectivity index (χ3n) is 5.14. The van der Waals surface area contributed by atoms with Crippen molar-refractivity contribution in [1.82, 2.24) is 10.5 Å². The highest BCUT2D eigenvalue weighted by molar-refractivity contribution is 5.82. The van der Waals surface area contributed by atoms with Crippen molar-refractivity contribution >= 4 is 16.9 Å². The molecule has 0 saturated carbocycles. The smallest absolute Gasteiger partial charge is 0.226 e. The molecule has 5 rings (SSSR count). The zero-order valence-electron chi connectivity index (χ0n) is 16.7. The molecule has 0 aliphatic carbocycles. The summed E-state index contributed by atoms with van der Waals surface area (Å²) in [6.45, 7) is 0. The van der Waals surface area contributed by atoms with Gasteiger partial charge in [0.05, 0.1) is 18.2 Å². The summed E-state index contributed by atoms with van der Waals surface area (Å²) < 4.78 is 11.2. The second-order valence-electron chi connectivity index (χ2n) is 7.33. The molecule has 3 aromatic carbocycles. The van der Waals surface area contributed by atoms with Gasteiger partial charge in [0.15, 0.2) is 5.76 Å². The Morgan fingerprint density at radius 1 is 0.806 bits per heavy atom. The van der Waals surface area contributed by atoms with Gasteiger partial charge in [-0.3, -0.25) is 4.79 Å². The Labute approximate surface area is 179 Å². The lowest BCUT2D eigenvalue weighted by molar-refractivity contribution is -0.121. The maximum absolute atomic E-state index is 12.8. The van der Waals surface area contributed by atoms with Crippen LogP contribution in [0.4, 0.5) is 0 Å². The van der Waals surface area contributed by atoms with Gasteiger partial charge in [0.2, 0.25) is 11.7 Å². The van der Waals surface area contributed by atoms with E-state index in [-0.39, 0.29) is 18.4 Å². The zero-order valence-corrected chi connectivity index (χ0v) is 16.7. The first-order chi connectivity index (χ1) is 15.3. The lowest BCUT2D eigenvalue weighted by atomic mass is 9.98. The number of para-hydroxylation sites is 1. The summed E-state index contributed by atoms with van der Waals surface area (Å²) in [5, 5.41) is 8.17. The molecular weight excluding hydrogens is 388 g/mol. The average molecular weight is 408 g/mol. The van der Waals surface area contributed by atoms with Gasteiger partial charge in [-0.1, -0.05) is 84.0 Å². The summed E-state index contributed by atoms with van der Waals surface area (Å²) in [5.74, 6) is 0.954. The second-order valence-corrected chi connectivity index (χ2v) is 7.33. The summed E-state index contributed by atoms with van der Waals surface area (Å²) in [4.78, 5) is 12.8. The minimum Gasteiger partial charge on any atom is -0.453 e. The van der Waals surface area contributed by atoms with Crippen molar-refractivity contribution in [3.8, 4) is 11.5 Å². The molecule has 0 spiro atoms. The fraction of sp³-hybridized carbons (Fsp3) is 0.0769. The minimum atomic E-state index is -0.239. The number of furan rings is 1. The van der Waals surface area contributed by atoms with E-state index in [2.05, 4.69) is 10.5 Å². The molecular formula is C26H20N2O3. The van der Waals surface area contributed by atoms with Crippen LogP contribution in [0.3, 0.4) is 0 Å². The first kappa shape index (κ1) is 18.9. The molecule has 0 aliphatic rings. The Balaban J connectivity index is 1.33. The Kier molecular flexibility index (Phi) is 5.07. The van der Waals surface area contributed by atoms with Crippen LogP contribution >= 0.6 is 0 Å². The van der Waals surface area contributed by atoms with Gasteiger partial charge in [-0.2, -0.15) is 0 Å². The van der Waals surface area contributed by atoms with E-state index >= 15 is 0 Å². The van der Waals surface area contributed by atoms with E-state index in [4.69, 9.17) is 8.94 Å². The molecule has 1 N–H and O–H groups in total. The van der Waals surface area contributed by atoms with E-state index in [1.54, 1.807) is 6.07 Å². The highest BCUT2D eigenvalue weighted by Crippen LogP contribution is 2.28. The number of nitrogens with zero attached hydrogens (tertiary/aromatic N) is 1. The number of aromatic nitrogens is 1. The summed E-state index contributed by atoms with van der Waals surface area (Å²) in [6.07, 6.45) is 0.111. The van der Waals surface area contributed by atoms with E-state index in [1.807, 2.05) is 91.0 Å². The van der Waals surface area contributed by atoms with Crippen molar-refractivity contribution in [2.45, 2.75) is 12.5 Å². The number of carbonyl (C=O) groups is 1. The van der Waals surface area contributed by atoms with Crippen molar-refractivity contribution in [1.29, 1.82) is 0 Å². The molecule has 5 heteroatoms. The Morgan fingerprint density at radius 3 is 2.13 bits per heavy atom. The Hall–Kier alpha value is -4.12. The van der Waals surface area contributed by atoms with Gasteiger partial charge in [0.1, 0.15) is 5.58 Å². The van der Waals surface area contributed by atoms with Crippen LogP contribution in [-0.2, 0) is 11.2 Å². The maximum Gasteiger partial charge on any atom is 0.226 e. The van der Waals surface area contributed by atoms with Crippen LogP contribution in [0.5, 0.6) is 0 Å². The first-order valence-corrected chi connectivity index (χ1v) is 10.1. The number of benzene rings is 3. The van der Waals surface area contributed by atoms with E-state index in [0.29, 0.717) is 17.2 Å². The predicted molar refractivity (Wildman–Crippen MR) is 118 cm³/mol. The van der Waals surface area contributed by atoms with Crippen LogP contribution in [0.15, 0.2) is 106 Å². The Morgan fingerprint density at radius 2 is 1.45 bits per heavy atom. The third-order valence-corrected chi connectivity index (χ3v) is 5.14. The molecule has 2 heterocycles. The largest absolute Gasteiger partial charge is 0.453 e. The lowest BCUT2D eigenvalue weighted by Crippen LogP contribution is -2.30. The van der Waals surface area contributed by atoms with Crippen LogP contribution < -0.4 is 5.32 Å². The number of rotatable bonds is 6. The number of hydrogen-bond acceptors (Lipinski definition) is 4. The van der Waals surface area contributed by atoms with Gasteiger partial charge in [-0.25, -0.2) is 0 Å². The standard InChI is InChI=1S/C26H20N2O3/c29-25(27-26(18-9-3-1-4-10-18)19-11-5-2-6-12-19)17-21-16-24(31-28-21)23-15-20-13-7-8-14-22(20)30-23/h1-16,26H,17H2,(H,27,29). The van der Waals surface area contributed by atoms with Gasteiger partial charge < -0.3 is 14.3 Å². The highest BCUT2D eigenvalue weighted by atomic mass is 16.5. The molecule has 0 aliphatic heterocycles. The van der Waals surface area contributed by atoms with Crippen LogP contribution in [0.2, 0.25) is 0 Å². The molecule has 0 bridgehead atoms. The average Bonchev–Trinajstić information content (AvgIpc) is 3.45. The summed E-state index contributed by atoms with van der Waals surface area (Å²) in [7, 11) is 0. The molecule has 0 radical (unpaired) electrons. The predicted octanol–water partition coefficient (Wildman–Crippen LogP) is 5.54. The van der Waals surface area contributed by atoms with Crippen molar-refractivity contribution < 1.29 is 13.7 Å². The first-order valence-electron chi connectivity index (χ1n) is 10.1. The van der Waals surface area contributed by atoms with Crippen molar-refractivity contribution in [2.24, 2.45) is 0 Å². The summed E-state index contributed by atoms with van der Waals surface area (Å²) >= 11 is 0.